The van der Waals surface area contributed by atoms with E-state index in [2.05, 4.69) is 6.92 Å². The molecule has 1 aliphatic carbocycles. The van der Waals surface area contributed by atoms with Crippen LogP contribution in [0.3, 0.4) is 0 Å². The highest BCUT2D eigenvalue weighted by atomic mass is 32.1. The SMILES string of the molecule is CCCCCCCCCCC1(S)CCCCCC1. The van der Waals surface area contributed by atoms with Crippen LogP contribution in [-0.2, 0) is 0 Å². The van der Waals surface area contributed by atoms with Gasteiger partial charge in [-0.05, 0) is 19.3 Å². The highest BCUT2D eigenvalue weighted by molar-refractivity contribution is 7.81. The molecule has 1 fully saturated rings. The Kier molecular flexibility index (Phi) is 9.27. The molecule has 1 saturated carbocycles. The van der Waals surface area contributed by atoms with Gasteiger partial charge in [0, 0.05) is 4.75 Å². The van der Waals surface area contributed by atoms with E-state index < -0.39 is 0 Å². The Morgan fingerprint density at radius 2 is 1.22 bits per heavy atom. The van der Waals surface area contributed by atoms with Gasteiger partial charge in [-0.1, -0.05) is 84.0 Å². The molecule has 0 aromatic rings. The molecule has 0 unspecified atom stereocenters. The van der Waals surface area contributed by atoms with Crippen molar-refractivity contribution >= 4 is 12.6 Å². The van der Waals surface area contributed by atoms with Crippen LogP contribution < -0.4 is 0 Å². The Labute approximate surface area is 121 Å². The van der Waals surface area contributed by atoms with E-state index in [9.17, 15) is 0 Å². The van der Waals surface area contributed by atoms with Gasteiger partial charge in [0.2, 0.25) is 0 Å². The average molecular weight is 271 g/mol. The Morgan fingerprint density at radius 1 is 0.722 bits per heavy atom. The fraction of sp³-hybridized carbons (Fsp3) is 1.00. The lowest BCUT2D eigenvalue weighted by atomic mass is 9.92. The topological polar surface area (TPSA) is 0 Å². The highest BCUT2D eigenvalue weighted by Crippen LogP contribution is 2.36. The van der Waals surface area contributed by atoms with Gasteiger partial charge in [-0.2, -0.15) is 12.6 Å². The molecule has 0 heterocycles. The summed E-state index contributed by atoms with van der Waals surface area (Å²) in [7, 11) is 0. The van der Waals surface area contributed by atoms with E-state index in [1.807, 2.05) is 0 Å². The first-order valence-corrected chi connectivity index (χ1v) is 8.94. The number of unbranched alkanes of at least 4 members (excludes halogenated alkanes) is 7. The smallest absolute Gasteiger partial charge is 0.0130 e. The second-order valence-corrected chi connectivity index (χ2v) is 7.31. The number of rotatable bonds is 9. The van der Waals surface area contributed by atoms with Crippen LogP contribution in [0.25, 0.3) is 0 Å². The van der Waals surface area contributed by atoms with E-state index in [0.29, 0.717) is 4.75 Å². The summed E-state index contributed by atoms with van der Waals surface area (Å²) in [5.41, 5.74) is 0. The molecule has 0 nitrogen and oxygen atoms in total. The number of hydrogen-bond acceptors (Lipinski definition) is 1. The quantitative estimate of drug-likeness (QED) is 0.274. The fourth-order valence-corrected chi connectivity index (χ4v) is 3.70. The average Bonchev–Trinajstić information content (AvgIpc) is 2.58. The third-order valence-corrected chi connectivity index (χ3v) is 5.20. The van der Waals surface area contributed by atoms with Crippen molar-refractivity contribution in [3.63, 3.8) is 0 Å². The van der Waals surface area contributed by atoms with Crippen molar-refractivity contribution in [3.8, 4) is 0 Å². The Bertz CT molecular complexity index is 180. The van der Waals surface area contributed by atoms with Gasteiger partial charge >= 0.3 is 0 Å². The van der Waals surface area contributed by atoms with Gasteiger partial charge in [0.25, 0.3) is 0 Å². The van der Waals surface area contributed by atoms with Gasteiger partial charge in [0.1, 0.15) is 0 Å². The van der Waals surface area contributed by atoms with Crippen LogP contribution in [-0.4, -0.2) is 4.75 Å². The minimum atomic E-state index is 0.401. The summed E-state index contributed by atoms with van der Waals surface area (Å²) < 4.78 is 0.401. The molecular formula is C17H34S. The lowest BCUT2D eigenvalue weighted by molar-refractivity contribution is 0.449. The van der Waals surface area contributed by atoms with Crippen LogP contribution in [0.5, 0.6) is 0 Å². The van der Waals surface area contributed by atoms with Crippen LogP contribution >= 0.6 is 12.6 Å². The fourth-order valence-electron chi connectivity index (χ4n) is 3.22. The first kappa shape index (κ1) is 16.4. The number of thiol groups is 1. The summed E-state index contributed by atoms with van der Waals surface area (Å²) in [6, 6.07) is 0. The molecule has 0 radical (unpaired) electrons. The zero-order chi connectivity index (χ0) is 13.1. The maximum Gasteiger partial charge on any atom is 0.0130 e. The van der Waals surface area contributed by atoms with Crippen LogP contribution in [0.2, 0.25) is 0 Å². The molecule has 0 aromatic carbocycles. The minimum absolute atomic E-state index is 0.401. The standard InChI is InChI=1S/C17H34S/c1-2-3-4-5-6-7-8-11-14-17(18)15-12-9-10-13-16-17/h18H,2-16H2,1H3. The first-order valence-electron chi connectivity index (χ1n) is 8.49. The normalized spacial score (nSPS) is 19.7. The van der Waals surface area contributed by atoms with Gasteiger partial charge in [0.15, 0.2) is 0 Å². The Hall–Kier alpha value is 0.350. The molecule has 1 rings (SSSR count). The van der Waals surface area contributed by atoms with Crippen LogP contribution in [0.1, 0.15) is 103 Å². The molecular weight excluding hydrogens is 236 g/mol. The van der Waals surface area contributed by atoms with E-state index >= 15 is 0 Å². The van der Waals surface area contributed by atoms with Crippen LogP contribution in [0.4, 0.5) is 0 Å². The zero-order valence-electron chi connectivity index (χ0n) is 12.6. The van der Waals surface area contributed by atoms with E-state index in [4.69, 9.17) is 12.6 Å². The predicted octanol–water partition coefficient (Wildman–Crippen LogP) is 6.54. The summed E-state index contributed by atoms with van der Waals surface area (Å²) in [5, 5.41) is 0. The summed E-state index contributed by atoms with van der Waals surface area (Å²) >= 11 is 4.99. The van der Waals surface area contributed by atoms with Crippen LogP contribution in [0.15, 0.2) is 0 Å². The molecule has 1 heteroatoms. The molecule has 1 aliphatic rings. The van der Waals surface area contributed by atoms with Crippen molar-refractivity contribution in [1.29, 1.82) is 0 Å². The summed E-state index contributed by atoms with van der Waals surface area (Å²) in [6.45, 7) is 2.29. The van der Waals surface area contributed by atoms with Crippen molar-refractivity contribution in [1.82, 2.24) is 0 Å². The van der Waals surface area contributed by atoms with E-state index in [-0.39, 0.29) is 0 Å². The summed E-state index contributed by atoms with van der Waals surface area (Å²) in [5.74, 6) is 0. The minimum Gasteiger partial charge on any atom is -0.173 e. The molecule has 108 valence electrons. The van der Waals surface area contributed by atoms with Crippen molar-refractivity contribution in [2.45, 2.75) is 108 Å². The molecule has 18 heavy (non-hydrogen) atoms. The molecule has 0 aromatic heterocycles. The lowest BCUT2D eigenvalue weighted by Gasteiger charge is -2.26. The maximum absolute atomic E-state index is 4.99. The molecule has 0 N–H and O–H groups in total. The summed E-state index contributed by atoms with van der Waals surface area (Å²) in [4.78, 5) is 0. The zero-order valence-corrected chi connectivity index (χ0v) is 13.4. The maximum atomic E-state index is 4.99. The van der Waals surface area contributed by atoms with E-state index in [1.54, 1.807) is 0 Å². The van der Waals surface area contributed by atoms with Crippen molar-refractivity contribution < 1.29 is 0 Å². The molecule has 0 saturated heterocycles. The Balaban J connectivity index is 1.95. The lowest BCUT2D eigenvalue weighted by Crippen LogP contribution is -2.20. The molecule has 0 amide bonds. The number of hydrogen-bond donors (Lipinski definition) is 1. The van der Waals surface area contributed by atoms with Gasteiger partial charge in [-0.25, -0.2) is 0 Å². The van der Waals surface area contributed by atoms with E-state index in [0.717, 1.165) is 0 Å². The van der Waals surface area contributed by atoms with Crippen molar-refractivity contribution in [3.05, 3.63) is 0 Å². The van der Waals surface area contributed by atoms with Crippen LogP contribution in [0, 0.1) is 0 Å². The third kappa shape index (κ3) is 7.71. The van der Waals surface area contributed by atoms with Gasteiger partial charge in [-0.3, -0.25) is 0 Å². The van der Waals surface area contributed by atoms with Gasteiger partial charge in [0.05, 0.1) is 0 Å². The Morgan fingerprint density at radius 3 is 1.78 bits per heavy atom. The monoisotopic (exact) mass is 270 g/mol. The van der Waals surface area contributed by atoms with Gasteiger partial charge < -0.3 is 0 Å². The second kappa shape index (κ2) is 10.2. The van der Waals surface area contributed by atoms with Gasteiger partial charge in [-0.15, -0.1) is 0 Å². The first-order chi connectivity index (χ1) is 8.77. The predicted molar refractivity (Wildman–Crippen MR) is 86.6 cm³/mol. The van der Waals surface area contributed by atoms with E-state index in [1.165, 1.54) is 96.3 Å². The highest BCUT2D eigenvalue weighted by Gasteiger charge is 2.25. The molecule has 0 bridgehead atoms. The third-order valence-electron chi connectivity index (χ3n) is 4.53. The molecule has 0 atom stereocenters. The van der Waals surface area contributed by atoms with Crippen molar-refractivity contribution in [2.24, 2.45) is 0 Å². The second-order valence-electron chi connectivity index (χ2n) is 6.36. The summed E-state index contributed by atoms with van der Waals surface area (Å²) in [6.07, 6.45) is 21.3. The largest absolute Gasteiger partial charge is 0.173 e. The van der Waals surface area contributed by atoms with Crippen molar-refractivity contribution in [2.75, 3.05) is 0 Å². The molecule has 0 aliphatic heterocycles. The molecule has 0 spiro atoms.